The van der Waals surface area contributed by atoms with Crippen LogP contribution in [0.3, 0.4) is 0 Å². The Morgan fingerprint density at radius 2 is 0.659 bits per heavy atom. The molecule has 88 heavy (non-hydrogen) atoms. The predicted molar refractivity (Wildman–Crippen MR) is 273 cm³/mol. The normalized spacial score (nSPS) is 15.2. The Balaban J connectivity index is 1.10. The number of carbonyl (C=O) groups excluding carboxylic acids is 10. The van der Waals surface area contributed by atoms with Crippen LogP contribution in [-0.4, -0.2) is 121 Å². The van der Waals surface area contributed by atoms with Crippen LogP contribution in [0, 0.1) is 0 Å². The second kappa shape index (κ2) is 21.4. The first kappa shape index (κ1) is 61.0. The summed E-state index contributed by atoms with van der Waals surface area (Å²) >= 11 is 0. The zero-order valence-corrected chi connectivity index (χ0v) is 43.9. The SMILES string of the molecule is O=C(OCCCO)c1cc(-c2cc(C(=O)OCCCO)cc(N3C(=O)c4ccc(C(c5ccc6c(c5)C(=O)NC6=O)(C(F)(F)F)C(F)(F)F)cc4C3=O)c2)cc(N2C(=O)c3ccc(C(c4ccc5c(c4)C(=O)NC5=O)(C(F)(F)F)C(F)(F)F)cc3C2=O)c1. The standard InChI is InChI=1S/C58H34F12N4O14/c59-55(60,61)53(56(62,63)64,29-3-7-35-39(21-29)45(79)71-43(35)77)31-5-9-37-41(23-31)49(83)73(47(37)81)33-17-25(15-27(19-33)51(85)87-13-1-11-75)26-16-28(52(86)88-14-2-12-76)20-34(18-26)74-48(82)38-10-6-32(24-42(38)50(74)84)54(57(65,66)67,58(68,69)70)30-4-8-36-40(22-30)46(80)72-44(36)78/h3-10,15-24,75-76H,1-2,11-14H2,(H,71,77,79)(H,72,78,80). The molecule has 0 spiro atoms. The van der Waals surface area contributed by atoms with Gasteiger partial charge in [0.2, 0.25) is 10.8 Å². The number of carbonyl (C=O) groups is 10. The molecule has 0 unspecified atom stereocenters. The van der Waals surface area contributed by atoms with Crippen molar-refractivity contribution in [1.82, 2.24) is 10.6 Å². The lowest BCUT2D eigenvalue weighted by atomic mass is 9.71. The van der Waals surface area contributed by atoms with E-state index in [2.05, 4.69) is 0 Å². The van der Waals surface area contributed by atoms with Crippen molar-refractivity contribution in [3.8, 4) is 11.1 Å². The molecular weight excluding hydrogens is 1200 g/mol. The summed E-state index contributed by atoms with van der Waals surface area (Å²) in [6.45, 7) is -2.08. The van der Waals surface area contributed by atoms with E-state index in [1.807, 2.05) is 0 Å². The van der Waals surface area contributed by atoms with Crippen molar-refractivity contribution in [2.24, 2.45) is 0 Å². The highest BCUT2D eigenvalue weighted by Gasteiger charge is 2.74. The van der Waals surface area contributed by atoms with E-state index < -0.39 is 222 Å². The van der Waals surface area contributed by atoms with E-state index >= 15 is 52.7 Å². The average Bonchev–Trinajstić information content (AvgIpc) is 0.934. The number of ether oxygens (including phenoxy) is 2. The molecule has 0 aromatic heterocycles. The molecular formula is C58H34F12N4O14. The minimum Gasteiger partial charge on any atom is -0.462 e. The molecule has 4 N–H and O–H groups in total. The van der Waals surface area contributed by atoms with E-state index in [1.165, 1.54) is 0 Å². The van der Waals surface area contributed by atoms with E-state index in [0.717, 1.165) is 36.4 Å². The van der Waals surface area contributed by atoms with Gasteiger partial charge in [-0.2, -0.15) is 52.7 Å². The van der Waals surface area contributed by atoms with Crippen molar-refractivity contribution in [2.45, 2.75) is 48.4 Å². The van der Waals surface area contributed by atoms with Crippen LogP contribution < -0.4 is 20.4 Å². The summed E-state index contributed by atoms with van der Waals surface area (Å²) in [7, 11) is 0. The summed E-state index contributed by atoms with van der Waals surface area (Å²) in [5.41, 5.74) is -27.0. The van der Waals surface area contributed by atoms with Gasteiger partial charge < -0.3 is 19.7 Å². The van der Waals surface area contributed by atoms with Crippen molar-refractivity contribution in [3.05, 3.63) is 187 Å². The number of anilines is 2. The van der Waals surface area contributed by atoms with Gasteiger partial charge in [-0.1, -0.05) is 24.3 Å². The number of benzene rings is 6. The van der Waals surface area contributed by atoms with Gasteiger partial charge >= 0.3 is 36.6 Å². The summed E-state index contributed by atoms with van der Waals surface area (Å²) < 4.78 is 196. The van der Waals surface area contributed by atoms with Gasteiger partial charge in [-0.3, -0.25) is 49.0 Å². The van der Waals surface area contributed by atoms with Gasteiger partial charge in [0.05, 0.1) is 80.2 Å². The van der Waals surface area contributed by atoms with Crippen LogP contribution in [0.15, 0.2) is 109 Å². The lowest BCUT2D eigenvalue weighted by Crippen LogP contribution is -2.55. The predicted octanol–water partition coefficient (Wildman–Crippen LogP) is 8.62. The maximum absolute atomic E-state index is 15.4. The van der Waals surface area contributed by atoms with Gasteiger partial charge in [0, 0.05) is 26.1 Å². The number of amides is 8. The van der Waals surface area contributed by atoms with Gasteiger partial charge in [0.1, 0.15) is 0 Å². The number of hydrogen-bond acceptors (Lipinski definition) is 14. The molecule has 0 bridgehead atoms. The molecule has 30 heteroatoms. The lowest BCUT2D eigenvalue weighted by molar-refractivity contribution is -0.290. The maximum Gasteiger partial charge on any atom is 0.411 e. The van der Waals surface area contributed by atoms with E-state index in [-0.39, 0.29) is 59.0 Å². The van der Waals surface area contributed by atoms with E-state index in [0.29, 0.717) is 36.4 Å². The summed E-state index contributed by atoms with van der Waals surface area (Å²) in [5, 5.41) is 22.2. The third-order valence-electron chi connectivity index (χ3n) is 14.9. The molecule has 0 fully saturated rings. The molecule has 0 aliphatic carbocycles. The third-order valence-corrected chi connectivity index (χ3v) is 14.9. The van der Waals surface area contributed by atoms with Crippen LogP contribution in [0.1, 0.15) is 139 Å². The van der Waals surface area contributed by atoms with E-state index in [1.54, 1.807) is 10.6 Å². The van der Waals surface area contributed by atoms with E-state index in [9.17, 15) is 58.2 Å². The lowest BCUT2D eigenvalue weighted by Gasteiger charge is -2.38. The zero-order chi connectivity index (χ0) is 64.1. The number of nitrogens with one attached hydrogen (secondary N) is 2. The molecule has 4 aliphatic heterocycles. The molecule has 10 rings (SSSR count). The first-order chi connectivity index (χ1) is 41.2. The summed E-state index contributed by atoms with van der Waals surface area (Å²) in [6, 6.07) is 8.91. The number of esters is 2. The number of rotatable bonds is 15. The highest BCUT2D eigenvalue weighted by atomic mass is 19.4. The Morgan fingerprint density at radius 1 is 0.375 bits per heavy atom. The number of alkyl halides is 12. The summed E-state index contributed by atoms with van der Waals surface area (Å²) in [4.78, 5) is 135. The zero-order valence-electron chi connectivity index (χ0n) is 43.9. The van der Waals surface area contributed by atoms with Crippen molar-refractivity contribution < 1.29 is 120 Å². The molecule has 0 radical (unpaired) electrons. The van der Waals surface area contributed by atoms with Gasteiger partial charge in [-0.05, 0) is 118 Å². The molecule has 4 aliphatic rings. The number of imide groups is 4. The number of fused-ring (bicyclic) bond motifs is 4. The Bertz CT molecular complexity index is 3830. The van der Waals surface area contributed by atoms with Crippen LogP contribution in [0.2, 0.25) is 0 Å². The molecule has 8 amide bonds. The first-order valence-electron chi connectivity index (χ1n) is 25.4. The summed E-state index contributed by atoms with van der Waals surface area (Å²) in [5.74, 6) is -13.7. The topological polar surface area (TPSA) is 260 Å². The Hall–Kier alpha value is -10.1. The fourth-order valence-corrected chi connectivity index (χ4v) is 10.9. The number of halogens is 12. The molecule has 454 valence electrons. The molecule has 4 heterocycles. The van der Waals surface area contributed by atoms with Gasteiger partial charge in [0.15, 0.2) is 0 Å². The van der Waals surface area contributed by atoms with Crippen molar-refractivity contribution in [1.29, 1.82) is 0 Å². The molecule has 0 saturated carbocycles. The maximum atomic E-state index is 15.4. The van der Waals surface area contributed by atoms with Crippen LogP contribution in [0.25, 0.3) is 11.1 Å². The van der Waals surface area contributed by atoms with Crippen molar-refractivity contribution in [2.75, 3.05) is 36.2 Å². The quantitative estimate of drug-likeness (QED) is 0.0325. The highest BCUT2D eigenvalue weighted by Crippen LogP contribution is 2.59. The minimum atomic E-state index is -6.35. The molecule has 6 aromatic rings. The highest BCUT2D eigenvalue weighted by molar-refractivity contribution is 6.36. The average molecular weight is 1240 g/mol. The number of aliphatic hydroxyl groups is 2. The molecule has 0 atom stereocenters. The van der Waals surface area contributed by atoms with Gasteiger partial charge in [-0.25, -0.2) is 19.4 Å². The van der Waals surface area contributed by atoms with Crippen LogP contribution in [0.5, 0.6) is 0 Å². The molecule has 18 nitrogen and oxygen atoms in total. The third kappa shape index (κ3) is 9.48. The number of hydrogen-bond donors (Lipinski definition) is 4. The second-order valence-corrected chi connectivity index (χ2v) is 20.0. The Kier molecular flexibility index (Phi) is 14.8. The van der Waals surface area contributed by atoms with Crippen LogP contribution >= 0.6 is 0 Å². The summed E-state index contributed by atoms with van der Waals surface area (Å²) in [6.07, 6.45) is -25.8. The molecule has 6 aromatic carbocycles. The van der Waals surface area contributed by atoms with Crippen molar-refractivity contribution >= 4 is 70.6 Å². The monoisotopic (exact) mass is 1240 g/mol. The second-order valence-electron chi connectivity index (χ2n) is 20.0. The largest absolute Gasteiger partial charge is 0.462 e. The fourth-order valence-electron chi connectivity index (χ4n) is 10.9. The van der Waals surface area contributed by atoms with E-state index in [4.69, 9.17) is 9.47 Å². The van der Waals surface area contributed by atoms with Crippen molar-refractivity contribution in [3.63, 3.8) is 0 Å². The first-order valence-corrected chi connectivity index (χ1v) is 25.4. The Labute approximate surface area is 483 Å². The van der Waals surface area contributed by atoms with Crippen LogP contribution in [0.4, 0.5) is 64.1 Å². The fraction of sp³-hybridized carbons (Fsp3) is 0.207. The van der Waals surface area contributed by atoms with Gasteiger partial charge in [-0.15, -0.1) is 0 Å². The van der Waals surface area contributed by atoms with Crippen LogP contribution in [-0.2, 0) is 20.3 Å². The minimum absolute atomic E-state index is 0.119. The van der Waals surface area contributed by atoms with Gasteiger partial charge in [0.25, 0.3) is 47.3 Å². The smallest absolute Gasteiger partial charge is 0.411 e. The number of nitrogens with zero attached hydrogens (tertiary/aromatic N) is 2. The Morgan fingerprint density at radius 3 is 0.966 bits per heavy atom. The molecule has 0 saturated heterocycles. The number of aliphatic hydroxyl groups excluding tert-OH is 2.